The van der Waals surface area contributed by atoms with E-state index in [4.69, 9.17) is 11.6 Å². The molecule has 1 aliphatic rings. The van der Waals surface area contributed by atoms with Crippen LogP contribution in [0.1, 0.15) is 24.0 Å². The maximum atomic E-state index is 12.9. The summed E-state index contributed by atoms with van der Waals surface area (Å²) in [7, 11) is 0. The molecule has 0 aromatic heterocycles. The number of benzene rings is 2. The summed E-state index contributed by atoms with van der Waals surface area (Å²) < 4.78 is 38.6. The number of halogens is 4. The summed E-state index contributed by atoms with van der Waals surface area (Å²) in [5.41, 5.74) is -0.730. The van der Waals surface area contributed by atoms with Crippen molar-refractivity contribution in [1.82, 2.24) is 5.32 Å². The Kier molecular flexibility index (Phi) is 6.50. The Morgan fingerprint density at radius 1 is 1.20 bits per heavy atom. The molecule has 0 atom stereocenters. The number of carbonyl (C=O) groups is 1. The molecular weight excluding hydrogens is 423 g/mol. The van der Waals surface area contributed by atoms with E-state index in [-0.39, 0.29) is 17.5 Å². The van der Waals surface area contributed by atoms with Gasteiger partial charge in [0.15, 0.2) is 0 Å². The zero-order valence-corrected chi connectivity index (χ0v) is 16.5. The standard InChI is InChI=1S/C20H19ClF3N3O3/c21-16-4-2-1-3-14(16)12-25-19(28)13-7-9-26(10-8-13)17-6-5-15(20(22,23)24)11-18(17)27(29)30/h1-6,11,13H,7-10,12H2,(H,25,28). The van der Waals surface area contributed by atoms with Crippen LogP contribution in [0.25, 0.3) is 0 Å². The predicted molar refractivity (Wildman–Crippen MR) is 106 cm³/mol. The molecule has 1 heterocycles. The van der Waals surface area contributed by atoms with Crippen molar-refractivity contribution in [3.05, 3.63) is 68.7 Å². The highest BCUT2D eigenvalue weighted by atomic mass is 35.5. The second-order valence-corrected chi connectivity index (χ2v) is 7.44. The minimum absolute atomic E-state index is 0.128. The number of nitro groups is 1. The number of amides is 1. The monoisotopic (exact) mass is 441 g/mol. The number of nitrogens with one attached hydrogen (secondary N) is 1. The van der Waals surface area contributed by atoms with Crippen molar-refractivity contribution in [3.8, 4) is 0 Å². The molecule has 3 rings (SSSR count). The van der Waals surface area contributed by atoms with Gasteiger partial charge in [-0.2, -0.15) is 13.2 Å². The van der Waals surface area contributed by atoms with Gasteiger partial charge in [-0.15, -0.1) is 0 Å². The molecule has 1 amide bonds. The fourth-order valence-electron chi connectivity index (χ4n) is 3.46. The number of carbonyl (C=O) groups excluding carboxylic acids is 1. The fraction of sp³-hybridized carbons (Fsp3) is 0.350. The van der Waals surface area contributed by atoms with Gasteiger partial charge in [0.25, 0.3) is 5.69 Å². The Bertz CT molecular complexity index is 944. The SMILES string of the molecule is O=C(NCc1ccccc1Cl)C1CCN(c2ccc(C(F)(F)F)cc2[N+](=O)[O-])CC1. The molecule has 0 bridgehead atoms. The minimum atomic E-state index is -4.66. The smallest absolute Gasteiger partial charge is 0.366 e. The van der Waals surface area contributed by atoms with Gasteiger partial charge in [-0.25, -0.2) is 0 Å². The minimum Gasteiger partial charge on any atom is -0.366 e. The lowest BCUT2D eigenvalue weighted by molar-refractivity contribution is -0.384. The molecule has 0 spiro atoms. The molecule has 30 heavy (non-hydrogen) atoms. The molecule has 0 aliphatic carbocycles. The van der Waals surface area contributed by atoms with Crippen LogP contribution >= 0.6 is 11.6 Å². The van der Waals surface area contributed by atoms with Gasteiger partial charge >= 0.3 is 6.18 Å². The number of alkyl halides is 3. The Morgan fingerprint density at radius 3 is 2.47 bits per heavy atom. The summed E-state index contributed by atoms with van der Waals surface area (Å²) >= 11 is 6.08. The van der Waals surface area contributed by atoms with Crippen LogP contribution < -0.4 is 10.2 Å². The molecule has 10 heteroatoms. The number of hydrogen-bond donors (Lipinski definition) is 1. The van der Waals surface area contributed by atoms with Gasteiger partial charge in [0.2, 0.25) is 5.91 Å². The highest BCUT2D eigenvalue weighted by Gasteiger charge is 2.34. The van der Waals surface area contributed by atoms with E-state index in [1.165, 1.54) is 0 Å². The predicted octanol–water partition coefficient (Wildman–Crippen LogP) is 4.80. The van der Waals surface area contributed by atoms with Crippen LogP contribution in [-0.2, 0) is 17.5 Å². The van der Waals surface area contributed by atoms with E-state index in [1.807, 2.05) is 12.1 Å². The second kappa shape index (κ2) is 8.91. The summed E-state index contributed by atoms with van der Waals surface area (Å²) in [5, 5.41) is 14.7. The molecule has 160 valence electrons. The third-order valence-corrected chi connectivity index (χ3v) is 5.49. The van der Waals surface area contributed by atoms with Crippen molar-refractivity contribution in [1.29, 1.82) is 0 Å². The van der Waals surface area contributed by atoms with Crippen LogP contribution in [0.15, 0.2) is 42.5 Å². The van der Waals surface area contributed by atoms with Crippen molar-refractivity contribution in [2.24, 2.45) is 5.92 Å². The van der Waals surface area contributed by atoms with E-state index in [2.05, 4.69) is 5.32 Å². The molecule has 0 saturated carbocycles. The highest BCUT2D eigenvalue weighted by Crippen LogP contribution is 2.37. The third-order valence-electron chi connectivity index (χ3n) is 5.12. The van der Waals surface area contributed by atoms with Crippen LogP contribution in [-0.4, -0.2) is 23.9 Å². The quantitative estimate of drug-likeness (QED) is 0.534. The van der Waals surface area contributed by atoms with Crippen molar-refractivity contribution < 1.29 is 22.9 Å². The van der Waals surface area contributed by atoms with Crippen molar-refractivity contribution in [2.45, 2.75) is 25.6 Å². The van der Waals surface area contributed by atoms with Gasteiger partial charge in [0, 0.05) is 36.6 Å². The molecule has 0 unspecified atom stereocenters. The fourth-order valence-corrected chi connectivity index (χ4v) is 3.67. The van der Waals surface area contributed by atoms with E-state index >= 15 is 0 Å². The second-order valence-electron chi connectivity index (χ2n) is 7.03. The van der Waals surface area contributed by atoms with Crippen molar-refractivity contribution in [2.75, 3.05) is 18.0 Å². The maximum absolute atomic E-state index is 12.9. The molecule has 2 aromatic carbocycles. The molecule has 6 nitrogen and oxygen atoms in total. The molecule has 1 aliphatic heterocycles. The first kappa shape index (κ1) is 21.9. The van der Waals surface area contributed by atoms with Gasteiger partial charge in [0.05, 0.1) is 10.5 Å². The topological polar surface area (TPSA) is 75.5 Å². The summed E-state index contributed by atoms with van der Waals surface area (Å²) in [6.07, 6.45) is -3.78. The molecule has 0 radical (unpaired) electrons. The van der Waals surface area contributed by atoms with Crippen LogP contribution in [0.3, 0.4) is 0 Å². The van der Waals surface area contributed by atoms with E-state index in [0.717, 1.165) is 17.7 Å². The van der Waals surface area contributed by atoms with Crippen LogP contribution in [0.5, 0.6) is 0 Å². The van der Waals surface area contributed by atoms with E-state index in [1.54, 1.807) is 17.0 Å². The highest BCUT2D eigenvalue weighted by molar-refractivity contribution is 6.31. The van der Waals surface area contributed by atoms with Crippen LogP contribution in [0, 0.1) is 16.0 Å². The van der Waals surface area contributed by atoms with E-state index in [9.17, 15) is 28.1 Å². The lowest BCUT2D eigenvalue weighted by atomic mass is 9.95. The van der Waals surface area contributed by atoms with E-state index in [0.29, 0.717) is 43.6 Å². The lowest BCUT2D eigenvalue weighted by Gasteiger charge is -2.32. The normalized spacial score (nSPS) is 15.1. The average molecular weight is 442 g/mol. The Balaban J connectivity index is 1.63. The van der Waals surface area contributed by atoms with Crippen LogP contribution in [0.4, 0.5) is 24.5 Å². The Morgan fingerprint density at radius 2 is 1.87 bits per heavy atom. The number of rotatable bonds is 5. The molecule has 1 fully saturated rings. The number of anilines is 1. The summed E-state index contributed by atoms with van der Waals surface area (Å²) in [5.74, 6) is -0.422. The third kappa shape index (κ3) is 5.02. The Labute approximate surface area is 175 Å². The van der Waals surface area contributed by atoms with Crippen molar-refractivity contribution >= 4 is 28.9 Å². The molecule has 1 N–H and O–H groups in total. The number of piperidine rings is 1. The first-order valence-electron chi connectivity index (χ1n) is 9.28. The first-order valence-corrected chi connectivity index (χ1v) is 9.66. The van der Waals surface area contributed by atoms with Crippen LogP contribution in [0.2, 0.25) is 5.02 Å². The van der Waals surface area contributed by atoms with Gasteiger partial charge in [-0.05, 0) is 36.6 Å². The van der Waals surface area contributed by atoms with E-state index < -0.39 is 22.4 Å². The molecule has 2 aromatic rings. The summed E-state index contributed by atoms with van der Waals surface area (Å²) in [6.45, 7) is 0.954. The van der Waals surface area contributed by atoms with Gasteiger partial charge < -0.3 is 10.2 Å². The van der Waals surface area contributed by atoms with Crippen molar-refractivity contribution in [3.63, 3.8) is 0 Å². The maximum Gasteiger partial charge on any atom is 0.416 e. The zero-order chi connectivity index (χ0) is 21.9. The first-order chi connectivity index (χ1) is 14.2. The summed E-state index contributed by atoms with van der Waals surface area (Å²) in [4.78, 5) is 24.6. The molecular formula is C20H19ClF3N3O3. The zero-order valence-electron chi connectivity index (χ0n) is 15.8. The number of nitrogens with zero attached hydrogens (tertiary/aromatic N) is 2. The lowest BCUT2D eigenvalue weighted by Crippen LogP contribution is -2.40. The Hall–Kier alpha value is -2.81. The number of hydrogen-bond acceptors (Lipinski definition) is 4. The molecule has 1 saturated heterocycles. The average Bonchev–Trinajstić information content (AvgIpc) is 2.72. The summed E-state index contributed by atoms with van der Waals surface area (Å²) in [6, 6.07) is 9.68. The van der Waals surface area contributed by atoms with Gasteiger partial charge in [-0.1, -0.05) is 29.8 Å². The number of nitro benzene ring substituents is 1. The largest absolute Gasteiger partial charge is 0.416 e. The van der Waals surface area contributed by atoms with Gasteiger partial charge in [-0.3, -0.25) is 14.9 Å². The van der Waals surface area contributed by atoms with Gasteiger partial charge in [0.1, 0.15) is 5.69 Å².